The zero-order chi connectivity index (χ0) is 17.7. The third-order valence-corrected chi connectivity index (χ3v) is 4.64. The largest absolute Gasteiger partial charge is 0.350 e. The summed E-state index contributed by atoms with van der Waals surface area (Å²) < 4.78 is 0. The van der Waals surface area contributed by atoms with Crippen LogP contribution in [0.1, 0.15) is 31.0 Å². The van der Waals surface area contributed by atoms with Crippen molar-refractivity contribution < 1.29 is 9.59 Å². The molecule has 0 spiro atoms. The van der Waals surface area contributed by atoms with Gasteiger partial charge in [-0.3, -0.25) is 14.6 Å². The van der Waals surface area contributed by atoms with Crippen LogP contribution in [0.25, 0.3) is 0 Å². The summed E-state index contributed by atoms with van der Waals surface area (Å²) in [5.41, 5.74) is 0.970. The van der Waals surface area contributed by atoms with Crippen LogP contribution in [0, 0.1) is 5.41 Å². The van der Waals surface area contributed by atoms with Gasteiger partial charge in [0.25, 0.3) is 0 Å². The molecular weight excluding hydrogens is 314 g/mol. The summed E-state index contributed by atoms with van der Waals surface area (Å²) in [7, 11) is 0. The molecule has 1 N–H and O–H groups in total. The van der Waals surface area contributed by atoms with Crippen molar-refractivity contribution in [3.8, 4) is 0 Å². The Balaban J connectivity index is 1.64. The Morgan fingerprint density at radius 1 is 1.12 bits per heavy atom. The minimum atomic E-state index is -0.889. The van der Waals surface area contributed by atoms with Crippen molar-refractivity contribution in [2.24, 2.45) is 5.41 Å². The average molecular weight is 337 g/mol. The number of amides is 2. The van der Waals surface area contributed by atoms with Gasteiger partial charge in [-0.25, -0.2) is 0 Å². The van der Waals surface area contributed by atoms with E-state index in [9.17, 15) is 9.59 Å². The third kappa shape index (κ3) is 3.87. The molecule has 0 saturated heterocycles. The minimum Gasteiger partial charge on any atom is -0.350 e. The summed E-state index contributed by atoms with van der Waals surface area (Å²) >= 11 is 0. The number of nitrogens with one attached hydrogen (secondary N) is 1. The molecule has 2 aromatic rings. The molecule has 1 heterocycles. The van der Waals surface area contributed by atoms with E-state index < -0.39 is 5.41 Å². The molecule has 1 aromatic heterocycles. The van der Waals surface area contributed by atoms with Crippen molar-refractivity contribution >= 4 is 11.8 Å². The highest BCUT2D eigenvalue weighted by Crippen LogP contribution is 2.47. The number of hydrogen-bond acceptors (Lipinski definition) is 3. The van der Waals surface area contributed by atoms with Gasteiger partial charge in [-0.05, 0) is 37.5 Å². The maximum Gasteiger partial charge on any atom is 0.238 e. The van der Waals surface area contributed by atoms with E-state index in [0.29, 0.717) is 32.5 Å². The highest BCUT2D eigenvalue weighted by molar-refractivity contribution is 6.07. The summed E-state index contributed by atoms with van der Waals surface area (Å²) in [5.74, 6) is -0.257. The monoisotopic (exact) mass is 337 g/mol. The van der Waals surface area contributed by atoms with E-state index in [1.54, 1.807) is 11.1 Å². The lowest BCUT2D eigenvalue weighted by atomic mass is 10.0. The molecule has 0 bridgehead atoms. The van der Waals surface area contributed by atoms with E-state index in [0.717, 1.165) is 11.3 Å². The van der Waals surface area contributed by atoms with Gasteiger partial charge >= 0.3 is 0 Å². The van der Waals surface area contributed by atoms with Gasteiger partial charge in [0.05, 0.1) is 12.2 Å². The van der Waals surface area contributed by atoms with Crippen molar-refractivity contribution in [3.63, 3.8) is 0 Å². The Labute approximate surface area is 148 Å². The molecule has 2 amide bonds. The Bertz CT molecular complexity index is 727. The van der Waals surface area contributed by atoms with E-state index in [2.05, 4.69) is 10.3 Å². The second-order valence-corrected chi connectivity index (χ2v) is 6.39. The van der Waals surface area contributed by atoms with E-state index in [1.807, 2.05) is 55.5 Å². The van der Waals surface area contributed by atoms with Gasteiger partial charge in [0.1, 0.15) is 5.41 Å². The predicted molar refractivity (Wildman–Crippen MR) is 95.3 cm³/mol. The van der Waals surface area contributed by atoms with Crippen LogP contribution in [-0.4, -0.2) is 28.2 Å². The Hall–Kier alpha value is -2.69. The molecule has 3 rings (SSSR count). The second-order valence-electron chi connectivity index (χ2n) is 6.39. The van der Waals surface area contributed by atoms with Crippen molar-refractivity contribution in [1.82, 2.24) is 15.2 Å². The first-order valence-electron chi connectivity index (χ1n) is 8.67. The van der Waals surface area contributed by atoms with Gasteiger partial charge in [-0.1, -0.05) is 36.4 Å². The topological polar surface area (TPSA) is 62.3 Å². The summed E-state index contributed by atoms with van der Waals surface area (Å²) in [6, 6.07) is 15.4. The van der Waals surface area contributed by atoms with Crippen LogP contribution in [-0.2, 0) is 22.7 Å². The van der Waals surface area contributed by atoms with Crippen LogP contribution in [0.15, 0.2) is 54.7 Å². The number of hydrogen-bond donors (Lipinski definition) is 1. The summed E-state index contributed by atoms with van der Waals surface area (Å²) in [6.07, 6.45) is 2.93. The number of carbonyl (C=O) groups is 2. The van der Waals surface area contributed by atoms with Crippen molar-refractivity contribution in [2.45, 2.75) is 32.9 Å². The zero-order valence-corrected chi connectivity index (χ0v) is 14.4. The molecular formula is C20H23N3O2. The van der Waals surface area contributed by atoms with E-state index in [4.69, 9.17) is 0 Å². The van der Waals surface area contributed by atoms with Crippen LogP contribution in [0.3, 0.4) is 0 Å². The number of aromatic nitrogens is 1. The predicted octanol–water partition coefficient (Wildman–Crippen LogP) is 2.53. The smallest absolute Gasteiger partial charge is 0.238 e. The molecule has 1 aromatic carbocycles. The first-order valence-corrected chi connectivity index (χ1v) is 8.67. The van der Waals surface area contributed by atoms with Gasteiger partial charge in [-0.15, -0.1) is 0 Å². The number of rotatable bonds is 7. The number of benzene rings is 1. The maximum absolute atomic E-state index is 13.0. The molecule has 1 fully saturated rings. The van der Waals surface area contributed by atoms with Crippen molar-refractivity contribution in [3.05, 3.63) is 66.0 Å². The Morgan fingerprint density at radius 3 is 2.44 bits per heavy atom. The summed E-state index contributed by atoms with van der Waals surface area (Å²) in [6.45, 7) is 3.41. The molecule has 0 unspecified atom stereocenters. The molecule has 0 atom stereocenters. The molecule has 0 radical (unpaired) electrons. The lowest BCUT2D eigenvalue weighted by molar-refractivity contribution is -0.144. The van der Waals surface area contributed by atoms with Crippen molar-refractivity contribution in [1.29, 1.82) is 0 Å². The molecule has 25 heavy (non-hydrogen) atoms. The quantitative estimate of drug-likeness (QED) is 0.790. The van der Waals surface area contributed by atoms with Gasteiger partial charge in [0.15, 0.2) is 0 Å². The molecule has 5 nitrogen and oxygen atoms in total. The van der Waals surface area contributed by atoms with Crippen LogP contribution >= 0.6 is 0 Å². The third-order valence-electron chi connectivity index (χ3n) is 4.64. The highest BCUT2D eigenvalue weighted by atomic mass is 16.2. The highest BCUT2D eigenvalue weighted by Gasteiger charge is 2.57. The molecule has 5 heteroatoms. The van der Waals surface area contributed by atoms with Gasteiger partial charge in [0.2, 0.25) is 11.8 Å². The maximum atomic E-state index is 13.0. The number of pyridine rings is 1. The van der Waals surface area contributed by atoms with E-state index in [1.165, 1.54) is 0 Å². The fourth-order valence-corrected chi connectivity index (χ4v) is 2.94. The van der Waals surface area contributed by atoms with Crippen LogP contribution in [0.4, 0.5) is 0 Å². The molecule has 1 aliphatic carbocycles. The molecule has 0 aliphatic heterocycles. The van der Waals surface area contributed by atoms with Crippen LogP contribution in [0.5, 0.6) is 0 Å². The molecule has 1 saturated carbocycles. The number of carbonyl (C=O) groups excluding carboxylic acids is 2. The lowest BCUT2D eigenvalue weighted by Gasteiger charge is -2.26. The molecule has 130 valence electrons. The lowest BCUT2D eigenvalue weighted by Crippen LogP contribution is -2.44. The van der Waals surface area contributed by atoms with Crippen molar-refractivity contribution in [2.75, 3.05) is 6.54 Å². The van der Waals surface area contributed by atoms with Crippen LogP contribution in [0.2, 0.25) is 0 Å². The van der Waals surface area contributed by atoms with E-state index in [-0.39, 0.29) is 11.8 Å². The Kier molecular flexibility index (Phi) is 5.12. The summed E-state index contributed by atoms with van der Waals surface area (Å²) in [4.78, 5) is 31.6. The summed E-state index contributed by atoms with van der Waals surface area (Å²) in [5, 5.41) is 2.88. The normalized spacial score (nSPS) is 14.6. The van der Waals surface area contributed by atoms with Gasteiger partial charge in [-0.2, -0.15) is 0 Å². The minimum absolute atomic E-state index is 0.0719. The second kappa shape index (κ2) is 7.47. The standard InChI is InChI=1S/C20H23N3O2/c1-2-23(15-16-8-4-3-5-9-16)19(25)20(11-12-20)18(24)22-14-17-10-6-7-13-21-17/h3-10,13H,2,11-12,14-15H2,1H3,(H,22,24). The fourth-order valence-electron chi connectivity index (χ4n) is 2.94. The van der Waals surface area contributed by atoms with Crippen LogP contribution < -0.4 is 5.32 Å². The fraction of sp³-hybridized carbons (Fsp3) is 0.350. The van der Waals surface area contributed by atoms with E-state index >= 15 is 0 Å². The SMILES string of the molecule is CCN(Cc1ccccc1)C(=O)C1(C(=O)NCc2ccccn2)CC1. The van der Waals surface area contributed by atoms with Gasteiger partial charge in [0, 0.05) is 19.3 Å². The van der Waals surface area contributed by atoms with Gasteiger partial charge < -0.3 is 10.2 Å². The molecule has 1 aliphatic rings. The Morgan fingerprint density at radius 2 is 1.84 bits per heavy atom. The first-order chi connectivity index (χ1) is 12.2. The zero-order valence-electron chi connectivity index (χ0n) is 14.4. The first kappa shape index (κ1) is 17.1. The average Bonchev–Trinajstić information content (AvgIpc) is 3.47. The number of nitrogens with zero attached hydrogens (tertiary/aromatic N) is 2.